The maximum Gasteiger partial charge on any atom is 0.339 e. The lowest BCUT2D eigenvalue weighted by molar-refractivity contribution is -0.142. The predicted molar refractivity (Wildman–Crippen MR) is 96.4 cm³/mol. The number of hydrogen-bond acceptors (Lipinski definition) is 5. The van der Waals surface area contributed by atoms with Crippen LogP contribution in [0.15, 0.2) is 21.3 Å². The fourth-order valence-electron chi connectivity index (χ4n) is 2.92. The number of carboxylic acid groups (broad SMARTS) is 1. The van der Waals surface area contributed by atoms with Crippen molar-refractivity contribution in [3.05, 3.63) is 39.2 Å². The molecule has 0 aliphatic heterocycles. The summed E-state index contributed by atoms with van der Waals surface area (Å²) in [6.45, 7) is 5.26. The Morgan fingerprint density at radius 2 is 1.92 bits per heavy atom. The third kappa shape index (κ3) is 4.04. The largest absolute Gasteiger partial charge is 0.508 e. The van der Waals surface area contributed by atoms with Crippen molar-refractivity contribution < 1.29 is 24.2 Å². The van der Waals surface area contributed by atoms with E-state index in [2.05, 4.69) is 5.32 Å². The minimum Gasteiger partial charge on any atom is -0.508 e. The minimum atomic E-state index is -1.07. The summed E-state index contributed by atoms with van der Waals surface area (Å²) in [6, 6.07) is 2.28. The summed E-state index contributed by atoms with van der Waals surface area (Å²) < 4.78 is 5.33. The van der Waals surface area contributed by atoms with E-state index in [0.717, 1.165) is 0 Å². The molecule has 0 saturated heterocycles. The smallest absolute Gasteiger partial charge is 0.339 e. The van der Waals surface area contributed by atoms with Crippen molar-refractivity contribution in [3.63, 3.8) is 0 Å². The monoisotopic (exact) mass is 361 g/mol. The molecule has 3 N–H and O–H groups in total. The van der Waals surface area contributed by atoms with Gasteiger partial charge >= 0.3 is 11.6 Å². The Kier molecular flexibility index (Phi) is 6.02. The molecule has 1 aromatic carbocycles. The summed E-state index contributed by atoms with van der Waals surface area (Å²) >= 11 is 0. The number of carboxylic acids is 1. The first-order chi connectivity index (χ1) is 12.3. The van der Waals surface area contributed by atoms with Crippen LogP contribution in [0, 0.1) is 13.8 Å². The second-order valence-corrected chi connectivity index (χ2v) is 6.33. The zero-order valence-electron chi connectivity index (χ0n) is 15.1. The van der Waals surface area contributed by atoms with Crippen molar-refractivity contribution in [3.8, 4) is 5.75 Å². The van der Waals surface area contributed by atoms with Crippen LogP contribution in [-0.4, -0.2) is 28.1 Å². The third-order valence-corrected chi connectivity index (χ3v) is 4.49. The molecule has 0 fully saturated rings. The lowest BCUT2D eigenvalue weighted by Crippen LogP contribution is -2.40. The Balaban J connectivity index is 2.21. The van der Waals surface area contributed by atoms with E-state index in [-0.39, 0.29) is 18.6 Å². The summed E-state index contributed by atoms with van der Waals surface area (Å²) in [5.41, 5.74) is 1.32. The highest BCUT2D eigenvalue weighted by Gasteiger charge is 2.20. The van der Waals surface area contributed by atoms with Gasteiger partial charge in [0.2, 0.25) is 5.91 Å². The molecular weight excluding hydrogens is 338 g/mol. The van der Waals surface area contributed by atoms with Gasteiger partial charge in [-0.05, 0) is 44.4 Å². The summed E-state index contributed by atoms with van der Waals surface area (Å²) in [5, 5.41) is 22.0. The second-order valence-electron chi connectivity index (χ2n) is 6.33. The molecule has 1 unspecified atom stereocenters. The maximum absolute atomic E-state index is 12.3. The molecule has 0 saturated carbocycles. The van der Waals surface area contributed by atoms with Crippen molar-refractivity contribution >= 4 is 22.8 Å². The molecule has 0 aliphatic rings. The molecule has 26 heavy (non-hydrogen) atoms. The molecular formula is C19H23NO6. The normalized spacial score (nSPS) is 12.1. The SMILES string of the molecule is CCCC(NC(=O)CCc1c(C)c2ccc(O)c(C)c2oc1=O)C(=O)O. The van der Waals surface area contributed by atoms with E-state index in [1.807, 2.05) is 6.92 Å². The molecule has 0 bridgehead atoms. The van der Waals surface area contributed by atoms with Crippen molar-refractivity contribution in [1.82, 2.24) is 5.32 Å². The Bertz CT molecular complexity index is 899. The quantitative estimate of drug-likeness (QED) is 0.652. The number of carbonyl (C=O) groups excluding carboxylic acids is 1. The van der Waals surface area contributed by atoms with Gasteiger partial charge in [-0.2, -0.15) is 0 Å². The number of aromatic hydroxyl groups is 1. The zero-order chi connectivity index (χ0) is 19.4. The van der Waals surface area contributed by atoms with Crippen molar-refractivity contribution in [2.75, 3.05) is 0 Å². The summed E-state index contributed by atoms with van der Waals surface area (Å²) in [4.78, 5) is 35.5. The molecule has 1 aromatic heterocycles. The van der Waals surface area contributed by atoms with Crippen molar-refractivity contribution in [2.24, 2.45) is 0 Å². The van der Waals surface area contributed by atoms with Gasteiger partial charge in [0.15, 0.2) is 0 Å². The molecule has 7 heteroatoms. The van der Waals surface area contributed by atoms with Crippen LogP contribution in [0.2, 0.25) is 0 Å². The van der Waals surface area contributed by atoms with Gasteiger partial charge in [0.05, 0.1) is 0 Å². The number of phenolic OH excluding ortho intramolecular Hbond substituents is 1. The van der Waals surface area contributed by atoms with Gasteiger partial charge in [-0.1, -0.05) is 13.3 Å². The van der Waals surface area contributed by atoms with E-state index in [4.69, 9.17) is 9.52 Å². The van der Waals surface area contributed by atoms with Crippen LogP contribution in [0.3, 0.4) is 0 Å². The number of benzene rings is 1. The summed E-state index contributed by atoms with van der Waals surface area (Å²) in [6.07, 6.45) is 1.12. The average molecular weight is 361 g/mol. The molecule has 2 rings (SSSR count). The Hall–Kier alpha value is -2.83. The number of aryl methyl sites for hydroxylation is 2. The van der Waals surface area contributed by atoms with Gasteiger partial charge < -0.3 is 19.9 Å². The lowest BCUT2D eigenvalue weighted by atomic mass is 10.00. The first-order valence-corrected chi connectivity index (χ1v) is 8.53. The molecule has 140 valence electrons. The highest BCUT2D eigenvalue weighted by molar-refractivity contribution is 5.86. The Labute approximate surface area is 150 Å². The first-order valence-electron chi connectivity index (χ1n) is 8.53. The molecule has 1 atom stereocenters. The van der Waals surface area contributed by atoms with E-state index < -0.39 is 23.5 Å². The zero-order valence-corrected chi connectivity index (χ0v) is 15.1. The second kappa shape index (κ2) is 8.03. The van der Waals surface area contributed by atoms with Crippen LogP contribution in [0.25, 0.3) is 11.0 Å². The number of carbonyl (C=O) groups is 2. The first kappa shape index (κ1) is 19.5. The van der Waals surface area contributed by atoms with Gasteiger partial charge in [-0.25, -0.2) is 9.59 Å². The Morgan fingerprint density at radius 3 is 2.54 bits per heavy atom. The van der Waals surface area contributed by atoms with Crippen LogP contribution >= 0.6 is 0 Å². The molecule has 0 aliphatic carbocycles. The van der Waals surface area contributed by atoms with Crippen LogP contribution in [0.5, 0.6) is 5.75 Å². The molecule has 1 amide bonds. The standard InChI is InChI=1S/C19H23NO6/c1-4-5-14(18(23)24)20-16(22)9-7-13-10(2)12-6-8-15(21)11(3)17(12)26-19(13)25/h6,8,14,21H,4-5,7,9H2,1-3H3,(H,20,22)(H,23,24). The number of amides is 1. The Morgan fingerprint density at radius 1 is 1.23 bits per heavy atom. The summed E-state index contributed by atoms with van der Waals surface area (Å²) in [7, 11) is 0. The van der Waals surface area contributed by atoms with Crippen LogP contribution in [0.1, 0.15) is 42.9 Å². The molecule has 1 heterocycles. The fourth-order valence-corrected chi connectivity index (χ4v) is 2.92. The number of hydrogen-bond donors (Lipinski definition) is 3. The van der Waals surface area contributed by atoms with E-state index in [0.29, 0.717) is 40.5 Å². The van der Waals surface area contributed by atoms with Crippen molar-refractivity contribution in [2.45, 2.75) is 52.5 Å². The molecule has 0 radical (unpaired) electrons. The number of aliphatic carboxylic acids is 1. The molecule has 2 aromatic rings. The number of fused-ring (bicyclic) bond motifs is 1. The highest BCUT2D eigenvalue weighted by Crippen LogP contribution is 2.28. The van der Waals surface area contributed by atoms with Gasteiger partial charge in [-0.3, -0.25) is 4.79 Å². The maximum atomic E-state index is 12.3. The van der Waals surface area contributed by atoms with Gasteiger partial charge in [0.25, 0.3) is 0 Å². The minimum absolute atomic E-state index is 0.0122. The number of rotatable bonds is 7. The topological polar surface area (TPSA) is 117 Å². The van der Waals surface area contributed by atoms with Gasteiger partial charge in [0.1, 0.15) is 17.4 Å². The van der Waals surface area contributed by atoms with E-state index >= 15 is 0 Å². The van der Waals surface area contributed by atoms with Gasteiger partial charge in [0, 0.05) is 22.9 Å². The average Bonchev–Trinajstić information content (AvgIpc) is 2.58. The molecule has 7 nitrogen and oxygen atoms in total. The van der Waals surface area contributed by atoms with Crippen LogP contribution in [-0.2, 0) is 16.0 Å². The van der Waals surface area contributed by atoms with Gasteiger partial charge in [-0.15, -0.1) is 0 Å². The lowest BCUT2D eigenvalue weighted by Gasteiger charge is -2.14. The number of phenols is 1. The van der Waals surface area contributed by atoms with E-state index in [9.17, 15) is 19.5 Å². The van der Waals surface area contributed by atoms with E-state index in [1.165, 1.54) is 6.07 Å². The molecule has 0 spiro atoms. The van der Waals surface area contributed by atoms with E-state index in [1.54, 1.807) is 19.9 Å². The van der Waals surface area contributed by atoms with Crippen molar-refractivity contribution in [1.29, 1.82) is 0 Å². The fraction of sp³-hybridized carbons (Fsp3) is 0.421. The van der Waals surface area contributed by atoms with Crippen LogP contribution < -0.4 is 10.9 Å². The third-order valence-electron chi connectivity index (χ3n) is 4.49. The van der Waals surface area contributed by atoms with Crippen LogP contribution in [0.4, 0.5) is 0 Å². The highest BCUT2D eigenvalue weighted by atomic mass is 16.4. The predicted octanol–water partition coefficient (Wildman–Crippen LogP) is 2.42. The number of nitrogens with one attached hydrogen (secondary N) is 1. The summed E-state index contributed by atoms with van der Waals surface area (Å²) in [5.74, 6) is -1.45.